The molecule has 0 amide bonds. The predicted octanol–water partition coefficient (Wildman–Crippen LogP) is 4.25. The molecule has 4 aromatic rings. The maximum Gasteiger partial charge on any atom is 0.338 e. The highest BCUT2D eigenvalue weighted by Gasteiger charge is 2.34. The molecule has 0 saturated heterocycles. The topological polar surface area (TPSA) is 84.0 Å². The van der Waals surface area contributed by atoms with Crippen LogP contribution in [0, 0.1) is 0 Å². The smallest absolute Gasteiger partial charge is 0.338 e. The van der Waals surface area contributed by atoms with Crippen LogP contribution in [0.5, 0.6) is 11.5 Å². The number of para-hydroxylation sites is 1. The van der Waals surface area contributed by atoms with Gasteiger partial charge in [0.1, 0.15) is 6.61 Å². The largest absolute Gasteiger partial charge is 0.490 e. The van der Waals surface area contributed by atoms with Crippen LogP contribution in [0.15, 0.2) is 82.4 Å². The van der Waals surface area contributed by atoms with Gasteiger partial charge in [0.2, 0.25) is 0 Å². The number of ether oxygens (including phenoxy) is 3. The molecule has 1 atom stereocenters. The molecule has 0 unspecified atom stereocenters. The summed E-state index contributed by atoms with van der Waals surface area (Å²) >= 11 is 1.30. The number of benzene rings is 2. The molecule has 1 aliphatic heterocycles. The molecular weight excluding hydrogens is 526 g/mol. The zero-order valence-electron chi connectivity index (χ0n) is 23.0. The van der Waals surface area contributed by atoms with E-state index in [2.05, 4.69) is 11.6 Å². The van der Waals surface area contributed by atoms with E-state index < -0.39 is 12.0 Å². The van der Waals surface area contributed by atoms with E-state index >= 15 is 0 Å². The Balaban J connectivity index is 1.72. The van der Waals surface area contributed by atoms with E-state index in [0.717, 1.165) is 16.5 Å². The van der Waals surface area contributed by atoms with E-state index in [1.807, 2.05) is 67.2 Å². The second-order valence-electron chi connectivity index (χ2n) is 9.25. The maximum atomic E-state index is 14.0. The molecule has 8 nitrogen and oxygen atoms in total. The van der Waals surface area contributed by atoms with Crippen molar-refractivity contribution in [2.75, 3.05) is 19.8 Å². The van der Waals surface area contributed by atoms with Crippen LogP contribution >= 0.6 is 11.3 Å². The molecule has 2 aromatic carbocycles. The number of fused-ring (bicyclic) bond motifs is 2. The van der Waals surface area contributed by atoms with Crippen LogP contribution in [0.25, 0.3) is 17.0 Å². The molecule has 206 valence electrons. The average molecular weight is 558 g/mol. The van der Waals surface area contributed by atoms with Gasteiger partial charge in [0, 0.05) is 29.7 Å². The molecule has 0 fully saturated rings. The number of rotatable bonds is 9. The molecular formula is C31H31N3O5S. The van der Waals surface area contributed by atoms with E-state index in [1.54, 1.807) is 30.6 Å². The van der Waals surface area contributed by atoms with E-state index in [4.69, 9.17) is 14.2 Å². The Morgan fingerprint density at radius 1 is 1.12 bits per heavy atom. The fraction of sp³-hybridized carbons (Fsp3) is 0.258. The highest BCUT2D eigenvalue weighted by molar-refractivity contribution is 7.07. The predicted molar refractivity (Wildman–Crippen MR) is 157 cm³/mol. The summed E-state index contributed by atoms with van der Waals surface area (Å²) in [5, 5.41) is 1.05. The lowest BCUT2D eigenvalue weighted by atomic mass is 9.95. The lowest BCUT2D eigenvalue weighted by molar-refractivity contribution is -0.139. The Bertz CT molecular complexity index is 1830. The molecule has 0 spiro atoms. The van der Waals surface area contributed by atoms with Crippen molar-refractivity contribution in [3.8, 4) is 11.5 Å². The average Bonchev–Trinajstić information content (AvgIpc) is 3.42. The van der Waals surface area contributed by atoms with Gasteiger partial charge >= 0.3 is 5.97 Å². The Hall–Kier alpha value is -4.37. The molecule has 0 saturated carbocycles. The minimum atomic E-state index is -0.752. The minimum absolute atomic E-state index is 0.201. The first kappa shape index (κ1) is 27.2. The van der Waals surface area contributed by atoms with Gasteiger partial charge in [-0.05, 0) is 50.6 Å². The van der Waals surface area contributed by atoms with Gasteiger partial charge in [-0.25, -0.2) is 9.79 Å². The fourth-order valence-corrected chi connectivity index (χ4v) is 6.00. The van der Waals surface area contributed by atoms with Gasteiger partial charge in [-0.2, -0.15) is 0 Å². The van der Waals surface area contributed by atoms with Gasteiger partial charge in [-0.3, -0.25) is 9.36 Å². The molecule has 3 heterocycles. The SMILES string of the molecule is C=CCOc1ccc([C@@H]2C(C(=O)OCC)=C(C)N=c3s/c(=C\c4cn(C)c5ccccc45)c(=O)n32)cc1OCC. The summed E-state index contributed by atoms with van der Waals surface area (Å²) in [6, 6.07) is 12.7. The Kier molecular flexibility index (Phi) is 7.75. The van der Waals surface area contributed by atoms with Crippen molar-refractivity contribution >= 4 is 34.3 Å². The third-order valence-corrected chi connectivity index (χ3v) is 7.65. The number of carbonyl (C=O) groups is 1. The summed E-state index contributed by atoms with van der Waals surface area (Å²) < 4.78 is 21.2. The Morgan fingerprint density at radius 3 is 2.67 bits per heavy atom. The van der Waals surface area contributed by atoms with Crippen molar-refractivity contribution < 1.29 is 19.0 Å². The molecule has 9 heteroatoms. The lowest BCUT2D eigenvalue weighted by Gasteiger charge is -2.25. The van der Waals surface area contributed by atoms with Gasteiger partial charge in [0.15, 0.2) is 16.3 Å². The normalized spacial score (nSPS) is 15.1. The molecule has 5 rings (SSSR count). The fourth-order valence-electron chi connectivity index (χ4n) is 4.97. The van der Waals surface area contributed by atoms with Gasteiger partial charge < -0.3 is 18.8 Å². The number of aryl methyl sites for hydroxylation is 1. The first-order valence-corrected chi connectivity index (χ1v) is 13.9. The standard InChI is InChI=1S/C31H31N3O5S/c1-6-15-39-24-14-13-20(16-25(24)37-7-2)28-27(30(36)38-8-3)19(4)32-31-34(28)29(35)26(40-31)17-21-18-33(5)23-12-10-9-11-22(21)23/h6,9-14,16-18,28H,1,7-8,15H2,2-5H3/b26-17-/t28-/m1/s1. The molecule has 2 aromatic heterocycles. The monoisotopic (exact) mass is 557 g/mol. The number of nitrogens with zero attached hydrogens (tertiary/aromatic N) is 3. The summed E-state index contributed by atoms with van der Waals surface area (Å²) in [7, 11) is 1.98. The van der Waals surface area contributed by atoms with E-state index in [1.165, 1.54) is 11.3 Å². The molecule has 0 N–H and O–H groups in total. The van der Waals surface area contributed by atoms with Crippen LogP contribution in [0.4, 0.5) is 0 Å². The minimum Gasteiger partial charge on any atom is -0.490 e. The lowest BCUT2D eigenvalue weighted by Crippen LogP contribution is -2.40. The summed E-state index contributed by atoms with van der Waals surface area (Å²) in [6.07, 6.45) is 5.55. The van der Waals surface area contributed by atoms with Crippen molar-refractivity contribution in [3.05, 3.63) is 103 Å². The van der Waals surface area contributed by atoms with Gasteiger partial charge in [0.05, 0.1) is 35.1 Å². The third kappa shape index (κ3) is 4.88. The second kappa shape index (κ2) is 11.4. The van der Waals surface area contributed by atoms with Crippen LogP contribution in [-0.4, -0.2) is 34.9 Å². The van der Waals surface area contributed by atoms with Crippen molar-refractivity contribution in [1.29, 1.82) is 0 Å². The number of hydrogen-bond donors (Lipinski definition) is 0. The van der Waals surface area contributed by atoms with Crippen LogP contribution < -0.4 is 24.4 Å². The summed E-state index contributed by atoms with van der Waals surface area (Å²) in [4.78, 5) is 32.5. The number of carbonyl (C=O) groups excluding carboxylic acids is 1. The molecule has 0 bridgehead atoms. The number of hydrogen-bond acceptors (Lipinski definition) is 7. The molecule has 0 radical (unpaired) electrons. The Morgan fingerprint density at radius 2 is 1.93 bits per heavy atom. The first-order valence-electron chi connectivity index (χ1n) is 13.1. The Labute approximate surface area is 235 Å². The highest BCUT2D eigenvalue weighted by atomic mass is 32.1. The molecule has 40 heavy (non-hydrogen) atoms. The van der Waals surface area contributed by atoms with Crippen LogP contribution in [-0.2, 0) is 16.6 Å². The van der Waals surface area contributed by atoms with Crippen LogP contribution in [0.3, 0.4) is 0 Å². The number of aromatic nitrogens is 2. The van der Waals surface area contributed by atoms with Crippen molar-refractivity contribution in [1.82, 2.24) is 9.13 Å². The van der Waals surface area contributed by atoms with E-state index in [0.29, 0.717) is 50.9 Å². The van der Waals surface area contributed by atoms with Crippen molar-refractivity contribution in [2.24, 2.45) is 12.0 Å². The molecule has 0 aliphatic carbocycles. The summed E-state index contributed by atoms with van der Waals surface area (Å²) in [5.41, 5.74) is 3.27. The second-order valence-corrected chi connectivity index (χ2v) is 10.3. The van der Waals surface area contributed by atoms with Crippen molar-refractivity contribution in [2.45, 2.75) is 26.8 Å². The van der Waals surface area contributed by atoms with E-state index in [9.17, 15) is 9.59 Å². The number of esters is 1. The highest BCUT2D eigenvalue weighted by Crippen LogP contribution is 2.36. The summed E-state index contributed by atoms with van der Waals surface area (Å²) in [5.74, 6) is 0.548. The quantitative estimate of drug-likeness (QED) is 0.227. The number of allylic oxidation sites excluding steroid dienone is 1. The maximum absolute atomic E-state index is 14.0. The van der Waals surface area contributed by atoms with Gasteiger partial charge in [0.25, 0.3) is 5.56 Å². The zero-order valence-corrected chi connectivity index (χ0v) is 23.8. The van der Waals surface area contributed by atoms with Crippen LogP contribution in [0.2, 0.25) is 0 Å². The van der Waals surface area contributed by atoms with Gasteiger partial charge in [-0.1, -0.05) is 48.3 Å². The first-order chi connectivity index (χ1) is 19.4. The number of thiazole rings is 1. The van der Waals surface area contributed by atoms with Crippen LogP contribution in [0.1, 0.15) is 37.9 Å². The third-order valence-electron chi connectivity index (χ3n) is 6.67. The zero-order chi connectivity index (χ0) is 28.4. The summed E-state index contributed by atoms with van der Waals surface area (Å²) in [6.45, 7) is 10.0. The van der Waals surface area contributed by atoms with Gasteiger partial charge in [-0.15, -0.1) is 0 Å². The molecule has 1 aliphatic rings. The van der Waals surface area contributed by atoms with Crippen molar-refractivity contribution in [3.63, 3.8) is 0 Å². The van der Waals surface area contributed by atoms with E-state index in [-0.39, 0.29) is 12.2 Å².